The third-order valence-electron chi connectivity index (χ3n) is 3.65. The lowest BCUT2D eigenvalue weighted by atomic mass is 9.87. The van der Waals surface area contributed by atoms with Crippen LogP contribution in [-0.2, 0) is 4.79 Å². The van der Waals surface area contributed by atoms with E-state index in [4.69, 9.17) is 0 Å². The zero-order valence-corrected chi connectivity index (χ0v) is 11.7. The molecule has 0 aromatic heterocycles. The predicted octanol–water partition coefficient (Wildman–Crippen LogP) is 1.91. The summed E-state index contributed by atoms with van der Waals surface area (Å²) in [4.78, 5) is 14.1. The molecule has 0 aromatic carbocycles. The molecule has 0 aliphatic carbocycles. The third kappa shape index (κ3) is 3.63. The fourth-order valence-electron chi connectivity index (χ4n) is 2.21. The molecule has 1 aliphatic heterocycles. The summed E-state index contributed by atoms with van der Waals surface area (Å²) in [6, 6.07) is 0. The van der Waals surface area contributed by atoms with Crippen LogP contribution in [0.15, 0.2) is 0 Å². The quantitative estimate of drug-likeness (QED) is 0.825. The van der Waals surface area contributed by atoms with Crippen molar-refractivity contribution >= 4 is 18.3 Å². The zero-order chi connectivity index (χ0) is 11.5. The second-order valence-corrected chi connectivity index (χ2v) is 5.13. The van der Waals surface area contributed by atoms with Gasteiger partial charge in [0, 0.05) is 25.6 Å². The lowest BCUT2D eigenvalue weighted by Crippen LogP contribution is -2.38. The van der Waals surface area contributed by atoms with Crippen LogP contribution in [0.4, 0.5) is 0 Å². The minimum absolute atomic E-state index is 0. The zero-order valence-electron chi connectivity index (χ0n) is 10.9. The first-order chi connectivity index (χ1) is 7.02. The van der Waals surface area contributed by atoms with Crippen molar-refractivity contribution in [1.29, 1.82) is 0 Å². The van der Waals surface area contributed by atoms with Crippen LogP contribution in [0.2, 0.25) is 0 Å². The molecule has 1 fully saturated rings. The van der Waals surface area contributed by atoms with E-state index in [0.717, 1.165) is 32.5 Å². The van der Waals surface area contributed by atoms with Gasteiger partial charge in [-0.2, -0.15) is 0 Å². The summed E-state index contributed by atoms with van der Waals surface area (Å²) >= 11 is 0. The van der Waals surface area contributed by atoms with Gasteiger partial charge in [0.15, 0.2) is 0 Å². The molecule has 0 saturated carbocycles. The molecule has 3 nitrogen and oxygen atoms in total. The lowest BCUT2D eigenvalue weighted by Gasteiger charge is -2.24. The number of halogens is 1. The lowest BCUT2D eigenvalue weighted by molar-refractivity contribution is -0.134. The molecule has 4 heteroatoms. The highest BCUT2D eigenvalue weighted by Gasteiger charge is 2.35. The molecule has 0 radical (unpaired) electrons. The molecule has 1 N–H and O–H groups in total. The van der Waals surface area contributed by atoms with Crippen LogP contribution in [0.5, 0.6) is 0 Å². The molecule has 2 atom stereocenters. The summed E-state index contributed by atoms with van der Waals surface area (Å²) < 4.78 is 0. The topological polar surface area (TPSA) is 32.3 Å². The van der Waals surface area contributed by atoms with Crippen molar-refractivity contribution in [3.8, 4) is 0 Å². The Hall–Kier alpha value is -0.280. The Morgan fingerprint density at radius 2 is 2.19 bits per heavy atom. The summed E-state index contributed by atoms with van der Waals surface area (Å²) in [6.07, 6.45) is 2.32. The van der Waals surface area contributed by atoms with E-state index in [1.165, 1.54) is 0 Å². The van der Waals surface area contributed by atoms with E-state index in [9.17, 15) is 4.79 Å². The van der Waals surface area contributed by atoms with Gasteiger partial charge in [0.25, 0.3) is 0 Å². The Morgan fingerprint density at radius 1 is 1.56 bits per heavy atom. The van der Waals surface area contributed by atoms with Crippen LogP contribution in [0.3, 0.4) is 0 Å². The predicted molar refractivity (Wildman–Crippen MR) is 69.9 cm³/mol. The first-order valence-electron chi connectivity index (χ1n) is 5.96. The number of carbonyl (C=O) groups excluding carboxylic acids is 1. The number of carbonyl (C=O) groups is 1. The van der Waals surface area contributed by atoms with Crippen LogP contribution in [0.1, 0.15) is 33.6 Å². The van der Waals surface area contributed by atoms with Gasteiger partial charge in [-0.25, -0.2) is 0 Å². The minimum atomic E-state index is 0. The minimum Gasteiger partial charge on any atom is -0.342 e. The van der Waals surface area contributed by atoms with Crippen molar-refractivity contribution in [3.05, 3.63) is 0 Å². The van der Waals surface area contributed by atoms with Crippen LogP contribution in [-0.4, -0.2) is 37.5 Å². The molecule has 0 spiro atoms. The summed E-state index contributed by atoms with van der Waals surface area (Å²) in [5.41, 5.74) is 0.356. The smallest absolute Gasteiger partial charge is 0.226 e. The fourth-order valence-corrected chi connectivity index (χ4v) is 2.21. The average molecular weight is 249 g/mol. The molecule has 1 amide bonds. The number of amides is 1. The third-order valence-corrected chi connectivity index (χ3v) is 3.65. The monoisotopic (exact) mass is 248 g/mol. The Kier molecular flexibility index (Phi) is 6.34. The second-order valence-electron chi connectivity index (χ2n) is 5.13. The van der Waals surface area contributed by atoms with Crippen molar-refractivity contribution in [3.63, 3.8) is 0 Å². The van der Waals surface area contributed by atoms with E-state index in [0.29, 0.717) is 11.3 Å². The molecule has 96 valence electrons. The highest BCUT2D eigenvalue weighted by atomic mass is 35.5. The maximum absolute atomic E-state index is 12.0. The van der Waals surface area contributed by atoms with Crippen LogP contribution < -0.4 is 5.32 Å². The van der Waals surface area contributed by atoms with E-state index in [2.05, 4.69) is 19.2 Å². The fraction of sp³-hybridized carbons (Fsp3) is 0.917. The number of rotatable bonds is 4. The number of hydrogen-bond acceptors (Lipinski definition) is 2. The standard InChI is InChI=1S/C12H24N2O.ClH/c1-5-12(3)6-7-14(9-12)11(15)10(2)8-13-4;/h10,13H,5-9H2,1-4H3;1H. The number of nitrogens with one attached hydrogen (secondary N) is 1. The van der Waals surface area contributed by atoms with Crippen molar-refractivity contribution in [2.75, 3.05) is 26.7 Å². The Labute approximate surface area is 105 Å². The maximum atomic E-state index is 12.0. The van der Waals surface area contributed by atoms with Crippen molar-refractivity contribution in [2.45, 2.75) is 33.6 Å². The molecular formula is C12H25ClN2O. The van der Waals surface area contributed by atoms with E-state index in [1.807, 2.05) is 18.9 Å². The first kappa shape index (κ1) is 15.7. The normalized spacial score (nSPS) is 26.4. The second kappa shape index (κ2) is 6.45. The average Bonchev–Trinajstić information content (AvgIpc) is 2.61. The molecule has 1 heterocycles. The van der Waals surface area contributed by atoms with E-state index < -0.39 is 0 Å². The van der Waals surface area contributed by atoms with Crippen LogP contribution in [0, 0.1) is 11.3 Å². The largest absolute Gasteiger partial charge is 0.342 e. The molecule has 1 rings (SSSR count). The molecule has 1 aliphatic rings. The number of nitrogens with zero attached hydrogens (tertiary/aromatic N) is 1. The van der Waals surface area contributed by atoms with E-state index in [1.54, 1.807) is 0 Å². The molecule has 1 saturated heterocycles. The molecule has 0 aromatic rings. The summed E-state index contributed by atoms with van der Waals surface area (Å²) in [7, 11) is 1.89. The van der Waals surface area contributed by atoms with Gasteiger partial charge in [-0.3, -0.25) is 4.79 Å². The van der Waals surface area contributed by atoms with Gasteiger partial charge >= 0.3 is 0 Å². The first-order valence-corrected chi connectivity index (χ1v) is 5.96. The summed E-state index contributed by atoms with van der Waals surface area (Å²) in [5, 5.41) is 3.06. The van der Waals surface area contributed by atoms with Gasteiger partial charge in [0.1, 0.15) is 0 Å². The summed E-state index contributed by atoms with van der Waals surface area (Å²) in [5.74, 6) is 0.413. The Morgan fingerprint density at radius 3 is 2.62 bits per heavy atom. The Balaban J connectivity index is 0.00000225. The van der Waals surface area contributed by atoms with Gasteiger partial charge in [0.2, 0.25) is 5.91 Å². The molecule has 16 heavy (non-hydrogen) atoms. The van der Waals surface area contributed by atoms with Gasteiger partial charge in [0.05, 0.1) is 0 Å². The van der Waals surface area contributed by atoms with Crippen LogP contribution >= 0.6 is 12.4 Å². The number of hydrogen-bond donors (Lipinski definition) is 1. The molecular weight excluding hydrogens is 224 g/mol. The van der Waals surface area contributed by atoms with E-state index >= 15 is 0 Å². The van der Waals surface area contributed by atoms with Crippen LogP contribution in [0.25, 0.3) is 0 Å². The molecule has 0 bridgehead atoms. The van der Waals surface area contributed by atoms with Gasteiger partial charge < -0.3 is 10.2 Å². The van der Waals surface area contributed by atoms with Crippen molar-refractivity contribution < 1.29 is 4.79 Å². The number of likely N-dealkylation sites (tertiary alicyclic amines) is 1. The highest BCUT2D eigenvalue weighted by Crippen LogP contribution is 2.33. The van der Waals surface area contributed by atoms with E-state index in [-0.39, 0.29) is 18.3 Å². The molecule has 2 unspecified atom stereocenters. The van der Waals surface area contributed by atoms with Crippen molar-refractivity contribution in [1.82, 2.24) is 10.2 Å². The Bertz CT molecular complexity index is 235. The summed E-state index contributed by atoms with van der Waals surface area (Å²) in [6.45, 7) is 9.15. The van der Waals surface area contributed by atoms with Crippen molar-refractivity contribution in [2.24, 2.45) is 11.3 Å². The van der Waals surface area contributed by atoms with Gasteiger partial charge in [-0.1, -0.05) is 20.8 Å². The van der Waals surface area contributed by atoms with Gasteiger partial charge in [-0.15, -0.1) is 12.4 Å². The maximum Gasteiger partial charge on any atom is 0.226 e. The van der Waals surface area contributed by atoms with Gasteiger partial charge in [-0.05, 0) is 25.3 Å². The highest BCUT2D eigenvalue weighted by molar-refractivity contribution is 5.85. The SMILES string of the molecule is CCC1(C)CCN(C(=O)C(C)CNC)C1.Cl.